The fraction of sp³-hybridized carbons (Fsp3) is 0.381. The molecule has 0 aliphatic heterocycles. The van der Waals surface area contributed by atoms with E-state index in [1.807, 2.05) is 19.1 Å². The standard InChI is InChI=1S/C21H26N4O3S/c1-14-17-19(22-11-9-15-5-7-16(28-3)8-6-15)24-13-25-21(17)29-18(14)20(26)23-10-4-12-27-2/h5-8,13H,4,9-12H2,1-3H3,(H,23,26)(H,22,24,25). The number of anilines is 1. The molecule has 2 N–H and O–H groups in total. The summed E-state index contributed by atoms with van der Waals surface area (Å²) in [6.45, 7) is 3.88. The minimum atomic E-state index is -0.0780. The van der Waals surface area contributed by atoms with Gasteiger partial charge in [0.15, 0.2) is 0 Å². The number of aryl methyl sites for hydroxylation is 1. The third-order valence-electron chi connectivity index (χ3n) is 4.61. The summed E-state index contributed by atoms with van der Waals surface area (Å²) in [5.41, 5.74) is 2.11. The minimum absolute atomic E-state index is 0.0780. The molecule has 0 bridgehead atoms. The van der Waals surface area contributed by atoms with Gasteiger partial charge < -0.3 is 20.1 Å². The molecule has 3 aromatic rings. The van der Waals surface area contributed by atoms with Gasteiger partial charge in [0.2, 0.25) is 0 Å². The van der Waals surface area contributed by atoms with Crippen molar-refractivity contribution in [1.29, 1.82) is 0 Å². The molecular weight excluding hydrogens is 388 g/mol. The normalized spacial score (nSPS) is 10.9. The molecular formula is C21H26N4O3S. The number of ether oxygens (including phenoxy) is 2. The summed E-state index contributed by atoms with van der Waals surface area (Å²) in [5.74, 6) is 1.53. The maximum atomic E-state index is 12.5. The van der Waals surface area contributed by atoms with Gasteiger partial charge in [0.05, 0.1) is 17.4 Å². The van der Waals surface area contributed by atoms with Crippen molar-refractivity contribution in [3.63, 3.8) is 0 Å². The summed E-state index contributed by atoms with van der Waals surface area (Å²) >= 11 is 1.40. The van der Waals surface area contributed by atoms with Crippen LogP contribution in [0.25, 0.3) is 10.2 Å². The Morgan fingerprint density at radius 2 is 1.93 bits per heavy atom. The maximum absolute atomic E-state index is 12.5. The van der Waals surface area contributed by atoms with Crippen LogP contribution < -0.4 is 15.4 Å². The number of nitrogens with zero attached hydrogens (tertiary/aromatic N) is 2. The van der Waals surface area contributed by atoms with Crippen LogP contribution in [0.5, 0.6) is 5.75 Å². The molecule has 154 valence electrons. The van der Waals surface area contributed by atoms with Crippen LogP contribution in [0.3, 0.4) is 0 Å². The van der Waals surface area contributed by atoms with Gasteiger partial charge in [-0.1, -0.05) is 12.1 Å². The summed E-state index contributed by atoms with van der Waals surface area (Å²) in [6, 6.07) is 8.02. The zero-order valence-corrected chi connectivity index (χ0v) is 17.8. The van der Waals surface area contributed by atoms with Crippen molar-refractivity contribution in [1.82, 2.24) is 15.3 Å². The summed E-state index contributed by atoms with van der Waals surface area (Å²) < 4.78 is 10.2. The summed E-state index contributed by atoms with van der Waals surface area (Å²) in [6.07, 6.45) is 3.17. The lowest BCUT2D eigenvalue weighted by Gasteiger charge is -2.08. The van der Waals surface area contributed by atoms with Crippen molar-refractivity contribution in [2.24, 2.45) is 0 Å². The number of aromatic nitrogens is 2. The van der Waals surface area contributed by atoms with Gasteiger partial charge in [0, 0.05) is 26.8 Å². The number of hydrogen-bond acceptors (Lipinski definition) is 7. The lowest BCUT2D eigenvalue weighted by molar-refractivity contribution is 0.0952. The summed E-state index contributed by atoms with van der Waals surface area (Å²) in [7, 11) is 3.31. The quantitative estimate of drug-likeness (QED) is 0.495. The summed E-state index contributed by atoms with van der Waals surface area (Å²) in [5, 5.41) is 7.25. The molecule has 2 aromatic heterocycles. The van der Waals surface area contributed by atoms with Gasteiger partial charge in [-0.25, -0.2) is 9.97 Å². The van der Waals surface area contributed by atoms with Gasteiger partial charge >= 0.3 is 0 Å². The van der Waals surface area contributed by atoms with E-state index in [-0.39, 0.29) is 5.91 Å². The smallest absolute Gasteiger partial charge is 0.261 e. The molecule has 0 aliphatic rings. The van der Waals surface area contributed by atoms with E-state index in [9.17, 15) is 4.79 Å². The predicted molar refractivity (Wildman–Crippen MR) is 116 cm³/mol. The van der Waals surface area contributed by atoms with E-state index >= 15 is 0 Å². The fourth-order valence-electron chi connectivity index (χ4n) is 3.04. The van der Waals surface area contributed by atoms with Gasteiger partial charge in [0.1, 0.15) is 22.7 Å². The molecule has 7 nitrogen and oxygen atoms in total. The molecule has 2 heterocycles. The molecule has 0 aliphatic carbocycles. The number of benzene rings is 1. The molecule has 0 fully saturated rings. The van der Waals surface area contributed by atoms with Crippen LogP contribution in [0, 0.1) is 6.92 Å². The van der Waals surface area contributed by atoms with Gasteiger partial charge in [-0.15, -0.1) is 11.3 Å². The van der Waals surface area contributed by atoms with E-state index < -0.39 is 0 Å². The Kier molecular flexibility index (Phi) is 7.37. The van der Waals surface area contributed by atoms with Crippen molar-refractivity contribution in [2.45, 2.75) is 19.8 Å². The van der Waals surface area contributed by atoms with Crippen LogP contribution >= 0.6 is 11.3 Å². The monoisotopic (exact) mass is 414 g/mol. The average molecular weight is 415 g/mol. The number of carbonyl (C=O) groups is 1. The highest BCUT2D eigenvalue weighted by Gasteiger charge is 2.19. The third kappa shape index (κ3) is 5.21. The first-order valence-electron chi connectivity index (χ1n) is 9.52. The third-order valence-corrected chi connectivity index (χ3v) is 5.81. The first kappa shape index (κ1) is 21.0. The van der Waals surface area contributed by atoms with E-state index in [0.717, 1.165) is 46.7 Å². The average Bonchev–Trinajstić information content (AvgIpc) is 3.09. The minimum Gasteiger partial charge on any atom is -0.497 e. The topological polar surface area (TPSA) is 85.4 Å². The zero-order valence-electron chi connectivity index (χ0n) is 16.9. The van der Waals surface area contributed by atoms with Crippen molar-refractivity contribution < 1.29 is 14.3 Å². The van der Waals surface area contributed by atoms with Gasteiger partial charge in [-0.05, 0) is 43.0 Å². The Morgan fingerprint density at radius 1 is 1.14 bits per heavy atom. The molecule has 0 saturated carbocycles. The lowest BCUT2D eigenvalue weighted by atomic mass is 10.1. The van der Waals surface area contributed by atoms with Crippen molar-refractivity contribution in [3.8, 4) is 5.75 Å². The second-order valence-electron chi connectivity index (χ2n) is 6.59. The largest absolute Gasteiger partial charge is 0.497 e. The Balaban J connectivity index is 1.68. The first-order chi connectivity index (χ1) is 14.1. The molecule has 1 aromatic carbocycles. The zero-order chi connectivity index (χ0) is 20.6. The number of nitrogens with one attached hydrogen (secondary N) is 2. The number of thiophene rings is 1. The van der Waals surface area contributed by atoms with E-state index in [2.05, 4.69) is 32.7 Å². The number of amides is 1. The molecule has 1 amide bonds. The molecule has 0 saturated heterocycles. The van der Waals surface area contributed by atoms with Gasteiger partial charge in [-0.3, -0.25) is 4.79 Å². The van der Waals surface area contributed by atoms with Crippen LogP contribution in [-0.2, 0) is 11.2 Å². The highest BCUT2D eigenvalue weighted by atomic mass is 32.1. The SMILES string of the molecule is COCCCNC(=O)c1sc2ncnc(NCCc3ccc(OC)cc3)c2c1C. The van der Waals surface area contributed by atoms with E-state index in [1.54, 1.807) is 14.2 Å². The fourth-order valence-corrected chi connectivity index (χ4v) is 4.10. The Labute approximate surface area is 174 Å². The number of rotatable bonds is 10. The molecule has 0 atom stereocenters. The van der Waals surface area contributed by atoms with Crippen LogP contribution in [0.4, 0.5) is 5.82 Å². The second-order valence-corrected chi connectivity index (χ2v) is 7.58. The molecule has 3 rings (SSSR count). The highest BCUT2D eigenvalue weighted by molar-refractivity contribution is 7.20. The lowest BCUT2D eigenvalue weighted by Crippen LogP contribution is -2.24. The van der Waals surface area contributed by atoms with Gasteiger partial charge in [0.25, 0.3) is 5.91 Å². The summed E-state index contributed by atoms with van der Waals surface area (Å²) in [4.78, 5) is 22.8. The van der Waals surface area contributed by atoms with E-state index in [0.29, 0.717) is 18.0 Å². The van der Waals surface area contributed by atoms with Crippen molar-refractivity contribution in [3.05, 3.63) is 46.6 Å². The molecule has 0 unspecified atom stereocenters. The van der Waals surface area contributed by atoms with Crippen LogP contribution in [0.2, 0.25) is 0 Å². The van der Waals surface area contributed by atoms with Gasteiger partial charge in [-0.2, -0.15) is 0 Å². The molecule has 0 spiro atoms. The Hall–Kier alpha value is -2.71. The highest BCUT2D eigenvalue weighted by Crippen LogP contribution is 2.33. The van der Waals surface area contributed by atoms with Crippen molar-refractivity contribution >= 4 is 33.3 Å². The Morgan fingerprint density at radius 3 is 2.66 bits per heavy atom. The van der Waals surface area contributed by atoms with Crippen LogP contribution in [-0.4, -0.2) is 49.8 Å². The maximum Gasteiger partial charge on any atom is 0.261 e. The predicted octanol–water partition coefficient (Wildman–Crippen LogP) is 3.43. The number of carbonyl (C=O) groups excluding carboxylic acids is 1. The second kappa shape index (κ2) is 10.2. The number of fused-ring (bicyclic) bond motifs is 1. The molecule has 29 heavy (non-hydrogen) atoms. The number of methoxy groups -OCH3 is 2. The van der Waals surface area contributed by atoms with E-state index in [1.165, 1.54) is 23.2 Å². The first-order valence-corrected chi connectivity index (χ1v) is 10.3. The van der Waals surface area contributed by atoms with Crippen molar-refractivity contribution in [2.75, 3.05) is 39.2 Å². The van der Waals surface area contributed by atoms with Crippen LogP contribution in [0.15, 0.2) is 30.6 Å². The molecule has 8 heteroatoms. The number of hydrogen-bond donors (Lipinski definition) is 2. The molecule has 0 radical (unpaired) electrons. The van der Waals surface area contributed by atoms with Crippen LogP contribution in [0.1, 0.15) is 27.2 Å². The van der Waals surface area contributed by atoms with E-state index in [4.69, 9.17) is 9.47 Å². The Bertz CT molecular complexity index is 956.